The van der Waals surface area contributed by atoms with Crippen molar-refractivity contribution in [1.29, 1.82) is 0 Å². The zero-order valence-corrected chi connectivity index (χ0v) is 12.6. The van der Waals surface area contributed by atoms with Crippen molar-refractivity contribution in [2.45, 2.75) is 6.54 Å². The number of ether oxygens (including phenoxy) is 1. The van der Waals surface area contributed by atoms with Gasteiger partial charge in [-0.25, -0.2) is 4.39 Å². The summed E-state index contributed by atoms with van der Waals surface area (Å²) in [6.07, 6.45) is 0. The smallest absolute Gasteiger partial charge is 0.170 e. The second-order valence-corrected chi connectivity index (χ2v) is 5.18. The highest BCUT2D eigenvalue weighted by Gasteiger charge is 2.08. The minimum absolute atomic E-state index is 0.244. The minimum Gasteiger partial charge on any atom is -0.494 e. The molecule has 0 aliphatic carbocycles. The molecule has 0 amide bonds. The van der Waals surface area contributed by atoms with Crippen LogP contribution in [0.15, 0.2) is 40.9 Å². The summed E-state index contributed by atoms with van der Waals surface area (Å²) in [6, 6.07) is 10.6. The van der Waals surface area contributed by atoms with Crippen molar-refractivity contribution in [3.63, 3.8) is 0 Å². The van der Waals surface area contributed by atoms with E-state index in [0.29, 0.717) is 17.1 Å². The largest absolute Gasteiger partial charge is 0.494 e. The van der Waals surface area contributed by atoms with Crippen LogP contribution in [-0.2, 0) is 6.54 Å². The van der Waals surface area contributed by atoms with Gasteiger partial charge in [-0.3, -0.25) is 0 Å². The molecule has 100 valence electrons. The summed E-state index contributed by atoms with van der Waals surface area (Å²) in [7, 11) is 1.45. The number of nitrogens with one attached hydrogen (secondary N) is 1. The van der Waals surface area contributed by atoms with Crippen LogP contribution in [0.5, 0.6) is 5.75 Å². The van der Waals surface area contributed by atoms with Crippen LogP contribution in [-0.4, -0.2) is 7.11 Å². The van der Waals surface area contributed by atoms with Crippen molar-refractivity contribution < 1.29 is 9.13 Å². The second-order valence-electron chi connectivity index (χ2n) is 3.92. The van der Waals surface area contributed by atoms with Gasteiger partial charge in [-0.15, -0.1) is 0 Å². The first-order valence-corrected chi connectivity index (χ1v) is 6.79. The number of rotatable bonds is 4. The Morgan fingerprint density at radius 1 is 1.32 bits per heavy atom. The summed E-state index contributed by atoms with van der Waals surface area (Å²) >= 11 is 9.31. The number of anilines is 1. The van der Waals surface area contributed by atoms with Gasteiger partial charge in [0.1, 0.15) is 0 Å². The standard InChI is InChI=1S/C14H12BrClFNO/c1-19-13-4-2-3-9(14(13)17)8-18-10-5-6-11(15)12(16)7-10/h2-7,18H,8H2,1H3. The molecule has 0 spiro atoms. The van der Waals surface area contributed by atoms with Gasteiger partial charge >= 0.3 is 0 Å². The van der Waals surface area contributed by atoms with Gasteiger partial charge in [0.15, 0.2) is 11.6 Å². The molecule has 0 unspecified atom stereocenters. The normalized spacial score (nSPS) is 10.3. The molecule has 1 N–H and O–H groups in total. The van der Waals surface area contributed by atoms with E-state index in [1.165, 1.54) is 7.11 Å². The van der Waals surface area contributed by atoms with Crippen LogP contribution in [0.3, 0.4) is 0 Å². The van der Waals surface area contributed by atoms with E-state index in [0.717, 1.165) is 10.2 Å². The van der Waals surface area contributed by atoms with Crippen molar-refractivity contribution in [2.24, 2.45) is 0 Å². The van der Waals surface area contributed by atoms with Crippen LogP contribution in [0.1, 0.15) is 5.56 Å². The Morgan fingerprint density at radius 2 is 2.11 bits per heavy atom. The molecule has 0 saturated carbocycles. The van der Waals surface area contributed by atoms with Crippen LogP contribution >= 0.6 is 27.5 Å². The summed E-state index contributed by atoms with van der Waals surface area (Å²) in [5.41, 5.74) is 1.37. The predicted octanol–water partition coefficient (Wildman–Crippen LogP) is 4.86. The average molecular weight is 345 g/mol. The van der Waals surface area contributed by atoms with Gasteiger partial charge in [0.25, 0.3) is 0 Å². The van der Waals surface area contributed by atoms with Gasteiger partial charge in [0, 0.05) is 22.3 Å². The topological polar surface area (TPSA) is 21.3 Å². The summed E-state index contributed by atoms with van der Waals surface area (Å²) < 4.78 is 19.7. The third kappa shape index (κ3) is 3.39. The van der Waals surface area contributed by atoms with E-state index < -0.39 is 0 Å². The number of benzene rings is 2. The third-order valence-electron chi connectivity index (χ3n) is 2.67. The fourth-order valence-electron chi connectivity index (χ4n) is 1.65. The molecule has 2 rings (SSSR count). The van der Waals surface area contributed by atoms with Gasteiger partial charge in [0.2, 0.25) is 0 Å². The number of methoxy groups -OCH3 is 1. The lowest BCUT2D eigenvalue weighted by molar-refractivity contribution is 0.384. The summed E-state index contributed by atoms with van der Waals surface area (Å²) in [4.78, 5) is 0. The second kappa shape index (κ2) is 6.26. The highest BCUT2D eigenvalue weighted by atomic mass is 79.9. The summed E-state index contributed by atoms with van der Waals surface area (Å²) in [6.45, 7) is 0.362. The Labute approximate surface area is 124 Å². The molecule has 2 aromatic carbocycles. The zero-order chi connectivity index (χ0) is 13.8. The Morgan fingerprint density at radius 3 is 2.79 bits per heavy atom. The van der Waals surface area contributed by atoms with E-state index in [2.05, 4.69) is 21.2 Å². The van der Waals surface area contributed by atoms with Crippen LogP contribution in [0, 0.1) is 5.82 Å². The van der Waals surface area contributed by atoms with Gasteiger partial charge in [-0.1, -0.05) is 23.7 Å². The molecule has 0 fully saturated rings. The lowest BCUT2D eigenvalue weighted by Crippen LogP contribution is -2.03. The zero-order valence-electron chi connectivity index (χ0n) is 10.2. The third-order valence-corrected chi connectivity index (χ3v) is 3.90. The molecule has 0 heterocycles. The minimum atomic E-state index is -0.347. The molecule has 0 saturated heterocycles. The molecule has 2 aromatic rings. The number of hydrogen-bond acceptors (Lipinski definition) is 2. The quantitative estimate of drug-likeness (QED) is 0.855. The summed E-state index contributed by atoms with van der Waals surface area (Å²) in [5, 5.41) is 3.73. The lowest BCUT2D eigenvalue weighted by atomic mass is 10.2. The van der Waals surface area contributed by atoms with Crippen LogP contribution in [0.4, 0.5) is 10.1 Å². The molecule has 2 nitrogen and oxygen atoms in total. The highest BCUT2D eigenvalue weighted by Crippen LogP contribution is 2.26. The van der Waals surface area contributed by atoms with Crippen LogP contribution in [0.25, 0.3) is 0 Å². The van der Waals surface area contributed by atoms with Gasteiger partial charge in [-0.2, -0.15) is 0 Å². The molecular weight excluding hydrogens is 333 g/mol. The van der Waals surface area contributed by atoms with E-state index in [4.69, 9.17) is 16.3 Å². The van der Waals surface area contributed by atoms with E-state index in [-0.39, 0.29) is 11.6 Å². The van der Waals surface area contributed by atoms with Crippen molar-refractivity contribution in [3.05, 3.63) is 57.3 Å². The molecule has 0 aromatic heterocycles. The maximum Gasteiger partial charge on any atom is 0.170 e. The van der Waals surface area contributed by atoms with E-state index in [1.54, 1.807) is 24.3 Å². The van der Waals surface area contributed by atoms with Crippen molar-refractivity contribution in [2.75, 3.05) is 12.4 Å². The molecule has 0 radical (unpaired) electrons. The van der Waals surface area contributed by atoms with Gasteiger partial charge < -0.3 is 10.1 Å². The maximum absolute atomic E-state index is 13.9. The van der Waals surface area contributed by atoms with Crippen molar-refractivity contribution in [3.8, 4) is 5.75 Å². The maximum atomic E-state index is 13.9. The number of halogens is 3. The Bertz CT molecular complexity index is 592. The van der Waals surface area contributed by atoms with Crippen molar-refractivity contribution >= 4 is 33.2 Å². The van der Waals surface area contributed by atoms with E-state index in [1.807, 2.05) is 12.1 Å². The molecule has 0 bridgehead atoms. The lowest BCUT2D eigenvalue weighted by Gasteiger charge is -2.10. The monoisotopic (exact) mass is 343 g/mol. The highest BCUT2D eigenvalue weighted by molar-refractivity contribution is 9.10. The van der Waals surface area contributed by atoms with Crippen LogP contribution < -0.4 is 10.1 Å². The van der Waals surface area contributed by atoms with E-state index >= 15 is 0 Å². The Balaban J connectivity index is 2.12. The van der Waals surface area contributed by atoms with E-state index in [9.17, 15) is 4.39 Å². The fraction of sp³-hybridized carbons (Fsp3) is 0.143. The molecule has 0 aliphatic heterocycles. The SMILES string of the molecule is COc1cccc(CNc2ccc(Br)c(Cl)c2)c1F. The van der Waals surface area contributed by atoms with Crippen LogP contribution in [0.2, 0.25) is 5.02 Å². The Kier molecular flexibility index (Phi) is 4.66. The Hall–Kier alpha value is -1.26. The first-order valence-electron chi connectivity index (χ1n) is 5.62. The fourth-order valence-corrected chi connectivity index (χ4v) is 2.08. The van der Waals surface area contributed by atoms with Crippen molar-refractivity contribution in [1.82, 2.24) is 0 Å². The summed E-state index contributed by atoms with van der Waals surface area (Å²) in [5.74, 6) is -0.103. The number of hydrogen-bond donors (Lipinski definition) is 1. The first kappa shape index (κ1) is 14.2. The molecular formula is C14H12BrClFNO. The molecule has 0 aliphatic rings. The molecule has 5 heteroatoms. The molecule has 0 atom stereocenters. The van der Waals surface area contributed by atoms with Gasteiger partial charge in [-0.05, 0) is 40.2 Å². The average Bonchev–Trinajstić information content (AvgIpc) is 2.41. The predicted molar refractivity (Wildman–Crippen MR) is 79.4 cm³/mol. The molecule has 19 heavy (non-hydrogen) atoms. The first-order chi connectivity index (χ1) is 9.11. The van der Waals surface area contributed by atoms with Gasteiger partial charge in [0.05, 0.1) is 12.1 Å².